The summed E-state index contributed by atoms with van der Waals surface area (Å²) < 4.78 is 5.51. The van der Waals surface area contributed by atoms with E-state index >= 15 is 0 Å². The Labute approximate surface area is 128 Å². The second-order valence-electron chi connectivity index (χ2n) is 4.65. The lowest BCUT2D eigenvalue weighted by atomic mass is 10.1. The van der Waals surface area contributed by atoms with Crippen molar-refractivity contribution in [1.82, 2.24) is 0 Å². The van der Waals surface area contributed by atoms with Crippen LogP contribution in [-0.4, -0.2) is 18.9 Å². The SMILES string of the molecule is COC1=Cc2ccccc2N(C(=O)CCl)c2ccccc21. The first-order valence-electron chi connectivity index (χ1n) is 6.59. The molecule has 2 aromatic rings. The molecule has 0 unspecified atom stereocenters. The zero-order chi connectivity index (χ0) is 14.8. The minimum atomic E-state index is -0.165. The number of anilines is 2. The third-order valence-electron chi connectivity index (χ3n) is 3.46. The predicted octanol–water partition coefficient (Wildman–Crippen LogP) is 4.05. The first-order chi connectivity index (χ1) is 10.3. The number of amides is 1. The standard InChI is InChI=1S/C17H14ClNO2/c1-21-16-10-12-6-2-4-8-14(12)19(17(20)11-18)15-9-5-3-7-13(15)16/h2-10H,11H2,1H3. The van der Waals surface area contributed by atoms with Crippen LogP contribution in [0.2, 0.25) is 0 Å². The molecular formula is C17H14ClNO2. The van der Waals surface area contributed by atoms with Gasteiger partial charge in [0, 0.05) is 11.1 Å². The van der Waals surface area contributed by atoms with E-state index in [1.54, 1.807) is 12.0 Å². The summed E-state index contributed by atoms with van der Waals surface area (Å²) in [5.74, 6) is 0.482. The summed E-state index contributed by atoms with van der Waals surface area (Å²) in [7, 11) is 1.63. The number of methoxy groups -OCH3 is 1. The van der Waals surface area contributed by atoms with Gasteiger partial charge in [0.25, 0.3) is 0 Å². The summed E-state index contributed by atoms with van der Waals surface area (Å²) in [6.07, 6.45) is 1.94. The monoisotopic (exact) mass is 299 g/mol. The van der Waals surface area contributed by atoms with Crippen LogP contribution in [0.1, 0.15) is 11.1 Å². The summed E-state index contributed by atoms with van der Waals surface area (Å²) in [6, 6.07) is 15.4. The lowest BCUT2D eigenvalue weighted by Gasteiger charge is -2.24. The van der Waals surface area contributed by atoms with Crippen LogP contribution in [-0.2, 0) is 9.53 Å². The molecule has 0 saturated carbocycles. The van der Waals surface area contributed by atoms with Gasteiger partial charge in [-0.1, -0.05) is 30.3 Å². The minimum Gasteiger partial charge on any atom is -0.496 e. The zero-order valence-corrected chi connectivity index (χ0v) is 12.3. The van der Waals surface area contributed by atoms with E-state index in [4.69, 9.17) is 16.3 Å². The number of halogens is 1. The highest BCUT2D eigenvalue weighted by atomic mass is 35.5. The molecule has 4 heteroatoms. The Balaban J connectivity index is 2.32. The van der Waals surface area contributed by atoms with Crippen LogP contribution in [0.25, 0.3) is 11.8 Å². The largest absolute Gasteiger partial charge is 0.496 e. The molecule has 0 bridgehead atoms. The van der Waals surface area contributed by atoms with Crippen molar-refractivity contribution in [2.45, 2.75) is 0 Å². The average Bonchev–Trinajstić information content (AvgIpc) is 2.68. The van der Waals surface area contributed by atoms with Gasteiger partial charge in [-0.25, -0.2) is 0 Å². The first kappa shape index (κ1) is 13.7. The van der Waals surface area contributed by atoms with Crippen molar-refractivity contribution in [3.8, 4) is 0 Å². The van der Waals surface area contributed by atoms with Crippen molar-refractivity contribution >= 4 is 40.7 Å². The molecule has 0 saturated heterocycles. The van der Waals surface area contributed by atoms with Gasteiger partial charge in [-0.3, -0.25) is 9.69 Å². The Bertz CT molecular complexity index is 724. The molecule has 0 spiro atoms. The molecule has 0 radical (unpaired) electrons. The van der Waals surface area contributed by atoms with Crippen LogP contribution < -0.4 is 4.90 Å². The van der Waals surface area contributed by atoms with Gasteiger partial charge < -0.3 is 4.74 Å². The molecule has 0 aromatic heterocycles. The number of fused-ring (bicyclic) bond motifs is 2. The van der Waals surface area contributed by atoms with Gasteiger partial charge in [0.05, 0.1) is 18.5 Å². The summed E-state index contributed by atoms with van der Waals surface area (Å²) in [4.78, 5) is 14.0. The lowest BCUT2D eigenvalue weighted by Crippen LogP contribution is -2.27. The molecule has 1 aliphatic rings. The van der Waals surface area contributed by atoms with Crippen molar-refractivity contribution in [2.24, 2.45) is 0 Å². The average molecular weight is 300 g/mol. The Morgan fingerprint density at radius 1 is 1.10 bits per heavy atom. The van der Waals surface area contributed by atoms with E-state index in [1.165, 1.54) is 0 Å². The summed E-state index contributed by atoms with van der Waals surface area (Å²) >= 11 is 5.80. The van der Waals surface area contributed by atoms with Crippen molar-refractivity contribution in [3.05, 3.63) is 59.7 Å². The van der Waals surface area contributed by atoms with Crippen molar-refractivity contribution in [2.75, 3.05) is 17.9 Å². The molecule has 106 valence electrons. The number of carbonyl (C=O) groups excluding carboxylic acids is 1. The maximum atomic E-state index is 12.4. The highest BCUT2D eigenvalue weighted by Crippen LogP contribution is 2.39. The van der Waals surface area contributed by atoms with Gasteiger partial charge in [0.15, 0.2) is 0 Å². The number of alkyl halides is 1. The number of hydrogen-bond acceptors (Lipinski definition) is 2. The van der Waals surface area contributed by atoms with Crippen LogP contribution in [0.5, 0.6) is 0 Å². The van der Waals surface area contributed by atoms with Crippen LogP contribution in [0.3, 0.4) is 0 Å². The quantitative estimate of drug-likeness (QED) is 0.783. The molecule has 0 fully saturated rings. The van der Waals surface area contributed by atoms with Gasteiger partial charge in [0.2, 0.25) is 5.91 Å². The molecule has 3 rings (SSSR count). The highest BCUT2D eigenvalue weighted by Gasteiger charge is 2.26. The highest BCUT2D eigenvalue weighted by molar-refractivity contribution is 6.30. The fraction of sp³-hybridized carbons (Fsp3) is 0.118. The Morgan fingerprint density at radius 3 is 2.48 bits per heavy atom. The molecule has 2 aromatic carbocycles. The maximum Gasteiger partial charge on any atom is 0.246 e. The van der Waals surface area contributed by atoms with Crippen molar-refractivity contribution in [3.63, 3.8) is 0 Å². The van der Waals surface area contributed by atoms with E-state index in [2.05, 4.69) is 0 Å². The number of hydrogen-bond donors (Lipinski definition) is 0. The third kappa shape index (κ3) is 2.30. The van der Waals surface area contributed by atoms with Gasteiger partial charge in [-0.15, -0.1) is 11.6 Å². The topological polar surface area (TPSA) is 29.5 Å². The Hall–Kier alpha value is -2.26. The van der Waals surface area contributed by atoms with E-state index in [9.17, 15) is 4.79 Å². The molecular weight excluding hydrogens is 286 g/mol. The molecule has 1 heterocycles. The Kier molecular flexibility index (Phi) is 3.67. The van der Waals surface area contributed by atoms with E-state index in [0.717, 1.165) is 28.3 Å². The van der Waals surface area contributed by atoms with Crippen LogP contribution in [0.15, 0.2) is 48.5 Å². The second-order valence-corrected chi connectivity index (χ2v) is 4.92. The number of carbonyl (C=O) groups is 1. The number of nitrogens with zero attached hydrogens (tertiary/aromatic N) is 1. The fourth-order valence-corrected chi connectivity index (χ4v) is 2.66. The maximum absolute atomic E-state index is 12.4. The van der Waals surface area contributed by atoms with Crippen molar-refractivity contribution in [1.29, 1.82) is 0 Å². The van der Waals surface area contributed by atoms with Crippen LogP contribution >= 0.6 is 11.6 Å². The first-order valence-corrected chi connectivity index (χ1v) is 7.12. The normalized spacial score (nSPS) is 12.9. The van der Waals surface area contributed by atoms with Gasteiger partial charge in [0.1, 0.15) is 11.6 Å². The fourth-order valence-electron chi connectivity index (χ4n) is 2.54. The number of benzene rings is 2. The molecule has 3 nitrogen and oxygen atoms in total. The van der Waals surface area contributed by atoms with Crippen LogP contribution in [0, 0.1) is 0 Å². The number of para-hydroxylation sites is 2. The summed E-state index contributed by atoms with van der Waals surface area (Å²) in [6.45, 7) is 0. The van der Waals surface area contributed by atoms with E-state index in [1.807, 2.05) is 54.6 Å². The van der Waals surface area contributed by atoms with E-state index in [-0.39, 0.29) is 11.8 Å². The third-order valence-corrected chi connectivity index (χ3v) is 3.69. The van der Waals surface area contributed by atoms with E-state index in [0.29, 0.717) is 0 Å². The van der Waals surface area contributed by atoms with E-state index < -0.39 is 0 Å². The summed E-state index contributed by atoms with van der Waals surface area (Å²) in [5.41, 5.74) is 3.38. The molecule has 0 atom stereocenters. The van der Waals surface area contributed by atoms with Gasteiger partial charge in [-0.05, 0) is 24.3 Å². The second kappa shape index (κ2) is 5.62. The number of rotatable bonds is 2. The molecule has 0 N–H and O–H groups in total. The molecule has 0 aliphatic carbocycles. The minimum absolute atomic E-state index is 0.0784. The molecule has 1 amide bonds. The predicted molar refractivity (Wildman–Crippen MR) is 85.6 cm³/mol. The van der Waals surface area contributed by atoms with Crippen molar-refractivity contribution < 1.29 is 9.53 Å². The zero-order valence-electron chi connectivity index (χ0n) is 11.5. The molecule has 21 heavy (non-hydrogen) atoms. The van der Waals surface area contributed by atoms with Gasteiger partial charge in [-0.2, -0.15) is 0 Å². The number of ether oxygens (including phenoxy) is 1. The van der Waals surface area contributed by atoms with Gasteiger partial charge >= 0.3 is 0 Å². The lowest BCUT2D eigenvalue weighted by molar-refractivity contribution is -0.115. The smallest absolute Gasteiger partial charge is 0.246 e. The molecule has 1 aliphatic heterocycles. The summed E-state index contributed by atoms with van der Waals surface area (Å²) in [5, 5.41) is 0. The van der Waals surface area contributed by atoms with Crippen LogP contribution in [0.4, 0.5) is 11.4 Å². The Morgan fingerprint density at radius 2 is 1.76 bits per heavy atom.